The van der Waals surface area contributed by atoms with Crippen LogP contribution < -0.4 is 4.74 Å². The third-order valence-corrected chi connectivity index (χ3v) is 6.14. The molecule has 1 aliphatic heterocycles. The van der Waals surface area contributed by atoms with Gasteiger partial charge in [-0.2, -0.15) is 5.10 Å². The highest BCUT2D eigenvalue weighted by Gasteiger charge is 2.50. The Hall–Kier alpha value is -1.85. The van der Waals surface area contributed by atoms with E-state index in [9.17, 15) is 5.11 Å². The van der Waals surface area contributed by atoms with Crippen LogP contribution in [0.5, 0.6) is 5.75 Å². The van der Waals surface area contributed by atoms with Gasteiger partial charge in [0.15, 0.2) is 0 Å². The average Bonchev–Trinajstić information content (AvgIpc) is 3.22. The topological polar surface area (TPSA) is 50.5 Å². The highest BCUT2D eigenvalue weighted by molar-refractivity contribution is 5.39. The summed E-state index contributed by atoms with van der Waals surface area (Å²) in [5.41, 5.74) is 1.38. The molecule has 2 heterocycles. The Kier molecular flexibility index (Phi) is 4.29. The molecular weight excluding hydrogens is 314 g/mol. The van der Waals surface area contributed by atoms with Gasteiger partial charge in [-0.15, -0.1) is 0 Å². The van der Waals surface area contributed by atoms with Gasteiger partial charge in [-0.25, -0.2) is 0 Å². The molecule has 1 saturated heterocycles. The van der Waals surface area contributed by atoms with Crippen molar-refractivity contribution in [3.8, 4) is 5.75 Å². The lowest BCUT2D eigenvalue weighted by Crippen LogP contribution is -2.43. The number of likely N-dealkylation sites (tertiary alicyclic amines) is 1. The summed E-state index contributed by atoms with van der Waals surface area (Å²) in [5.74, 6) is 1.60. The molecule has 134 valence electrons. The van der Waals surface area contributed by atoms with E-state index in [0.29, 0.717) is 5.92 Å². The molecule has 25 heavy (non-hydrogen) atoms. The number of aromatic nitrogens is 2. The van der Waals surface area contributed by atoms with Crippen LogP contribution in [0.2, 0.25) is 0 Å². The smallest absolute Gasteiger partial charge is 0.124 e. The minimum Gasteiger partial charge on any atom is -0.496 e. The Morgan fingerprint density at radius 3 is 2.88 bits per heavy atom. The Morgan fingerprint density at radius 2 is 2.12 bits per heavy atom. The molecule has 2 aliphatic rings. The molecule has 0 amide bonds. The van der Waals surface area contributed by atoms with Crippen LogP contribution in [0.3, 0.4) is 0 Å². The van der Waals surface area contributed by atoms with Gasteiger partial charge in [0.2, 0.25) is 0 Å². The molecule has 1 saturated carbocycles. The fourth-order valence-electron chi connectivity index (χ4n) is 4.86. The predicted octanol–water partition coefficient (Wildman–Crippen LogP) is 2.55. The Balaban J connectivity index is 1.60. The molecular formula is C20H27N3O2. The summed E-state index contributed by atoms with van der Waals surface area (Å²) in [6, 6.07) is 10.0. The number of fused-ring (bicyclic) bond motifs is 1. The van der Waals surface area contributed by atoms with Gasteiger partial charge in [-0.1, -0.05) is 18.2 Å². The van der Waals surface area contributed by atoms with Gasteiger partial charge in [-0.05, 0) is 37.3 Å². The molecule has 0 spiro atoms. The summed E-state index contributed by atoms with van der Waals surface area (Å²) >= 11 is 0. The first kappa shape index (κ1) is 16.6. The SMILES string of the molecule is COc1ccccc1[C@@]1(O)CCC[C@H]2CN(Cc3ccnn3C)C[C@H]21. The van der Waals surface area contributed by atoms with E-state index < -0.39 is 5.60 Å². The maximum atomic E-state index is 11.7. The van der Waals surface area contributed by atoms with E-state index >= 15 is 0 Å². The molecule has 3 atom stereocenters. The minimum atomic E-state index is -0.795. The van der Waals surface area contributed by atoms with Gasteiger partial charge in [0.25, 0.3) is 0 Å². The van der Waals surface area contributed by atoms with E-state index in [4.69, 9.17) is 4.74 Å². The van der Waals surface area contributed by atoms with Crippen LogP contribution in [-0.2, 0) is 19.2 Å². The quantitative estimate of drug-likeness (QED) is 0.928. The van der Waals surface area contributed by atoms with Crippen molar-refractivity contribution < 1.29 is 9.84 Å². The van der Waals surface area contributed by atoms with Crippen LogP contribution in [0.15, 0.2) is 36.5 Å². The molecule has 4 rings (SSSR count). The first-order chi connectivity index (χ1) is 12.1. The van der Waals surface area contributed by atoms with Crippen LogP contribution in [-0.4, -0.2) is 40.0 Å². The van der Waals surface area contributed by atoms with Crippen molar-refractivity contribution in [1.29, 1.82) is 0 Å². The lowest BCUT2D eigenvalue weighted by molar-refractivity contribution is -0.0662. The predicted molar refractivity (Wildman–Crippen MR) is 96.2 cm³/mol. The zero-order valence-electron chi connectivity index (χ0n) is 15.1. The van der Waals surface area contributed by atoms with Crippen molar-refractivity contribution in [1.82, 2.24) is 14.7 Å². The monoisotopic (exact) mass is 341 g/mol. The average molecular weight is 341 g/mol. The molecule has 1 aromatic carbocycles. The number of rotatable bonds is 4. The summed E-state index contributed by atoms with van der Waals surface area (Å²) < 4.78 is 7.49. The number of hydrogen-bond donors (Lipinski definition) is 1. The Bertz CT molecular complexity index is 744. The van der Waals surface area contributed by atoms with Gasteiger partial charge in [0, 0.05) is 44.4 Å². The fraction of sp³-hybridized carbons (Fsp3) is 0.550. The fourth-order valence-corrected chi connectivity index (χ4v) is 4.86. The van der Waals surface area contributed by atoms with Crippen LogP contribution in [0, 0.1) is 11.8 Å². The van der Waals surface area contributed by atoms with Crippen molar-refractivity contribution in [2.75, 3.05) is 20.2 Å². The largest absolute Gasteiger partial charge is 0.496 e. The van der Waals surface area contributed by atoms with E-state index in [0.717, 1.165) is 43.8 Å². The van der Waals surface area contributed by atoms with E-state index in [-0.39, 0.29) is 5.92 Å². The third kappa shape index (κ3) is 2.85. The van der Waals surface area contributed by atoms with Gasteiger partial charge in [-0.3, -0.25) is 9.58 Å². The molecule has 5 heteroatoms. The zero-order chi connectivity index (χ0) is 17.4. The van der Waals surface area contributed by atoms with Crippen molar-refractivity contribution >= 4 is 0 Å². The summed E-state index contributed by atoms with van der Waals surface area (Å²) in [7, 11) is 3.68. The highest BCUT2D eigenvalue weighted by Crippen LogP contribution is 2.50. The first-order valence-corrected chi connectivity index (χ1v) is 9.17. The van der Waals surface area contributed by atoms with Gasteiger partial charge < -0.3 is 9.84 Å². The maximum Gasteiger partial charge on any atom is 0.124 e. The number of aryl methyl sites for hydroxylation is 1. The van der Waals surface area contributed by atoms with Crippen LogP contribution in [0.1, 0.15) is 30.5 Å². The lowest BCUT2D eigenvalue weighted by atomic mass is 9.67. The van der Waals surface area contributed by atoms with Gasteiger partial charge in [0.05, 0.1) is 18.4 Å². The molecule has 1 aromatic heterocycles. The number of ether oxygens (including phenoxy) is 1. The lowest BCUT2D eigenvalue weighted by Gasteiger charge is -2.42. The molecule has 0 unspecified atom stereocenters. The van der Waals surface area contributed by atoms with E-state index in [1.807, 2.05) is 42.2 Å². The van der Waals surface area contributed by atoms with Crippen molar-refractivity contribution in [2.45, 2.75) is 31.4 Å². The molecule has 5 nitrogen and oxygen atoms in total. The zero-order valence-corrected chi connectivity index (χ0v) is 15.1. The summed E-state index contributed by atoms with van der Waals surface area (Å²) in [6.07, 6.45) is 4.93. The number of benzene rings is 1. The number of methoxy groups -OCH3 is 1. The van der Waals surface area contributed by atoms with Crippen molar-refractivity contribution in [3.63, 3.8) is 0 Å². The summed E-state index contributed by atoms with van der Waals surface area (Å²) in [6.45, 7) is 2.86. The van der Waals surface area contributed by atoms with Crippen molar-refractivity contribution in [3.05, 3.63) is 47.8 Å². The summed E-state index contributed by atoms with van der Waals surface area (Å²) in [4.78, 5) is 2.47. The number of nitrogens with zero attached hydrogens (tertiary/aromatic N) is 3. The number of hydrogen-bond acceptors (Lipinski definition) is 4. The van der Waals surface area contributed by atoms with Crippen LogP contribution in [0.4, 0.5) is 0 Å². The van der Waals surface area contributed by atoms with E-state index in [1.165, 1.54) is 12.1 Å². The maximum absolute atomic E-state index is 11.7. The van der Waals surface area contributed by atoms with Crippen LogP contribution >= 0.6 is 0 Å². The molecule has 2 aromatic rings. The second kappa shape index (κ2) is 6.46. The first-order valence-electron chi connectivity index (χ1n) is 9.17. The highest BCUT2D eigenvalue weighted by atomic mass is 16.5. The normalized spacial score (nSPS) is 29.6. The number of para-hydroxylation sites is 1. The second-order valence-electron chi connectivity index (χ2n) is 7.52. The van der Waals surface area contributed by atoms with Crippen molar-refractivity contribution in [2.24, 2.45) is 18.9 Å². The van der Waals surface area contributed by atoms with Gasteiger partial charge in [0.1, 0.15) is 5.75 Å². The molecule has 0 radical (unpaired) electrons. The van der Waals surface area contributed by atoms with E-state index in [2.05, 4.69) is 16.1 Å². The van der Waals surface area contributed by atoms with E-state index in [1.54, 1.807) is 7.11 Å². The third-order valence-electron chi connectivity index (χ3n) is 6.14. The van der Waals surface area contributed by atoms with Gasteiger partial charge >= 0.3 is 0 Å². The summed E-state index contributed by atoms with van der Waals surface area (Å²) in [5, 5.41) is 16.0. The number of aliphatic hydroxyl groups is 1. The second-order valence-corrected chi connectivity index (χ2v) is 7.52. The molecule has 1 N–H and O–H groups in total. The minimum absolute atomic E-state index is 0.255. The standard InChI is InChI=1S/C20H27N3O2/c1-22-16(9-11-21-22)13-23-12-15-6-5-10-20(24,18(15)14-23)17-7-3-4-8-19(17)25-2/h3-4,7-9,11,15,18,24H,5-6,10,12-14H2,1-2H3/t15-,18+,20-/m0/s1. The van der Waals surface area contributed by atoms with Crippen LogP contribution in [0.25, 0.3) is 0 Å². The molecule has 0 bridgehead atoms. The Morgan fingerprint density at radius 1 is 1.28 bits per heavy atom. The molecule has 2 fully saturated rings. The molecule has 1 aliphatic carbocycles. The Labute approximate surface area is 149 Å².